The van der Waals surface area contributed by atoms with Gasteiger partial charge in [-0.05, 0) is 136 Å². The maximum absolute atomic E-state index is 13.6. The fourth-order valence-electron chi connectivity index (χ4n) is 6.58. The molecule has 0 aliphatic rings. The minimum atomic E-state index is -1.56. The predicted octanol–water partition coefficient (Wildman–Crippen LogP) is 12.6. The van der Waals surface area contributed by atoms with E-state index in [9.17, 15) is 28.8 Å². The van der Waals surface area contributed by atoms with Gasteiger partial charge in [-0.15, -0.1) is 23.2 Å². The zero-order chi connectivity index (χ0) is 48.2. The summed E-state index contributed by atoms with van der Waals surface area (Å²) in [5.74, 6) is -3.75. The van der Waals surface area contributed by atoms with Gasteiger partial charge in [-0.2, -0.15) is 20.5 Å². The molecule has 0 radical (unpaired) electrons. The number of nitrogens with one attached hydrogen (secondary N) is 4. The molecule has 14 nitrogen and oxygen atoms in total. The van der Waals surface area contributed by atoms with Crippen LogP contribution in [0, 0.1) is 0 Å². The summed E-state index contributed by atoms with van der Waals surface area (Å²) in [6, 6.07) is 22.7. The van der Waals surface area contributed by atoms with E-state index in [-0.39, 0.29) is 43.3 Å². The van der Waals surface area contributed by atoms with Crippen LogP contribution in [-0.4, -0.2) is 47.3 Å². The topological polar surface area (TPSA) is 200 Å². The summed E-state index contributed by atoms with van der Waals surface area (Å²) < 4.78 is 0. The van der Waals surface area contributed by atoms with Crippen LogP contribution in [0.1, 0.15) is 95.3 Å². The predicted molar refractivity (Wildman–Crippen MR) is 261 cm³/mol. The van der Waals surface area contributed by atoms with E-state index in [0.29, 0.717) is 46.7 Å². The average molecular weight is 973 g/mol. The lowest BCUT2D eigenvalue weighted by Gasteiger charge is -2.20. The van der Waals surface area contributed by atoms with Crippen molar-refractivity contribution in [1.82, 2.24) is 0 Å². The van der Waals surface area contributed by atoms with Crippen molar-refractivity contribution in [3.05, 3.63) is 140 Å². The summed E-state index contributed by atoms with van der Waals surface area (Å²) >= 11 is 25.0. The molecule has 0 saturated heterocycles. The van der Waals surface area contributed by atoms with Crippen molar-refractivity contribution in [3.63, 3.8) is 0 Å². The molecule has 0 aliphatic carbocycles. The number of carbonyl (C=O) groups excluding carboxylic acids is 6. The number of halogens is 4. The molecule has 4 amide bonds. The van der Waals surface area contributed by atoms with Gasteiger partial charge in [0.05, 0.1) is 43.3 Å². The molecular weight excluding hydrogens is 926 g/mol. The molecule has 0 heterocycles. The molecular formula is C48H46Cl4N8O6. The Morgan fingerprint density at radius 2 is 0.864 bits per heavy atom. The van der Waals surface area contributed by atoms with Gasteiger partial charge in [-0.25, -0.2) is 0 Å². The molecule has 66 heavy (non-hydrogen) atoms. The van der Waals surface area contributed by atoms with Gasteiger partial charge in [0, 0.05) is 22.7 Å². The number of amides is 4. The molecule has 5 aromatic carbocycles. The minimum absolute atomic E-state index is 0.0919. The van der Waals surface area contributed by atoms with E-state index in [1.165, 1.54) is 50.2 Å². The third-order valence-corrected chi connectivity index (χ3v) is 11.3. The molecule has 5 aromatic rings. The summed E-state index contributed by atoms with van der Waals surface area (Å²) in [4.78, 5) is 78.9. The maximum Gasteiger partial charge on any atom is 0.258 e. The van der Waals surface area contributed by atoms with Crippen LogP contribution in [0.5, 0.6) is 0 Å². The second-order valence-corrected chi connectivity index (χ2v) is 17.1. The van der Waals surface area contributed by atoms with E-state index in [4.69, 9.17) is 46.4 Å². The lowest BCUT2D eigenvalue weighted by Crippen LogP contribution is -2.33. The molecule has 0 bridgehead atoms. The first-order valence-corrected chi connectivity index (χ1v) is 22.3. The molecule has 342 valence electrons. The van der Waals surface area contributed by atoms with E-state index in [2.05, 4.69) is 41.7 Å². The fourth-order valence-corrected chi connectivity index (χ4v) is 7.28. The molecule has 0 fully saturated rings. The van der Waals surface area contributed by atoms with E-state index in [1.807, 2.05) is 27.7 Å². The standard InChI is InChI=1S/C48H46Cl4N8O6/c1-7-35-36(8-2)42(56-48(66)44(28(6)62)60-58-34-18-20-40(52)38(24-34)46(64)54-32-15-11-30(12-16-32)26(4)50)22-21-41(35)55-47(65)43(27(5)61)59-57-33-17-19-39(51)37(23-33)45(63)53-31-13-9-29(10-14-31)25(3)49/h9-26,43-44H,7-8H2,1-6H3,(H,53,63)(H,54,64)(H,55,65)(H,56,66). The highest BCUT2D eigenvalue weighted by Gasteiger charge is 2.27. The van der Waals surface area contributed by atoms with Crippen molar-refractivity contribution in [3.8, 4) is 0 Å². The first-order valence-electron chi connectivity index (χ1n) is 20.7. The van der Waals surface area contributed by atoms with Crippen LogP contribution >= 0.6 is 46.4 Å². The number of hydrogen-bond donors (Lipinski definition) is 4. The highest BCUT2D eigenvalue weighted by atomic mass is 35.5. The Morgan fingerprint density at radius 1 is 0.515 bits per heavy atom. The van der Waals surface area contributed by atoms with Gasteiger partial charge in [-0.1, -0.05) is 61.3 Å². The number of anilines is 4. The molecule has 5 rings (SSSR count). The third kappa shape index (κ3) is 13.2. The molecule has 4 atom stereocenters. The third-order valence-electron chi connectivity index (χ3n) is 10.1. The van der Waals surface area contributed by atoms with Crippen LogP contribution in [0.4, 0.5) is 34.1 Å². The Bertz CT molecular complexity index is 2520. The van der Waals surface area contributed by atoms with Gasteiger partial charge in [0.1, 0.15) is 0 Å². The molecule has 4 N–H and O–H groups in total. The Labute approximate surface area is 402 Å². The zero-order valence-corrected chi connectivity index (χ0v) is 39.7. The molecule has 0 aliphatic heterocycles. The van der Waals surface area contributed by atoms with Crippen molar-refractivity contribution in [2.75, 3.05) is 21.3 Å². The van der Waals surface area contributed by atoms with Crippen molar-refractivity contribution in [2.45, 2.75) is 77.2 Å². The van der Waals surface area contributed by atoms with Gasteiger partial charge in [0.25, 0.3) is 23.6 Å². The molecule has 0 aromatic heterocycles. The summed E-state index contributed by atoms with van der Waals surface area (Å²) in [7, 11) is 0. The second kappa shape index (κ2) is 23.2. The first kappa shape index (κ1) is 50.7. The van der Waals surface area contributed by atoms with Gasteiger partial charge in [0.15, 0.2) is 11.6 Å². The van der Waals surface area contributed by atoms with Crippen LogP contribution in [0.25, 0.3) is 0 Å². The number of alkyl halides is 2. The highest BCUT2D eigenvalue weighted by molar-refractivity contribution is 6.35. The number of nitrogens with zero attached hydrogens (tertiary/aromatic N) is 4. The van der Waals surface area contributed by atoms with E-state index < -0.39 is 47.3 Å². The van der Waals surface area contributed by atoms with Gasteiger partial charge in [0.2, 0.25) is 12.1 Å². The van der Waals surface area contributed by atoms with Crippen LogP contribution in [0.3, 0.4) is 0 Å². The fraction of sp³-hybridized carbons (Fsp3) is 0.250. The number of rotatable bonds is 18. The van der Waals surface area contributed by atoms with Crippen molar-refractivity contribution in [1.29, 1.82) is 0 Å². The molecule has 4 unspecified atom stereocenters. The number of azo groups is 2. The number of Topliss-reactive ketones (excluding diaryl/α,β-unsaturated/α-hetero) is 2. The monoisotopic (exact) mass is 970 g/mol. The van der Waals surface area contributed by atoms with Crippen molar-refractivity contribution >= 4 is 116 Å². The van der Waals surface area contributed by atoms with Gasteiger partial charge in [-0.3, -0.25) is 28.8 Å². The SMILES string of the molecule is CCc1c(NC(=O)C(N=Nc2ccc(Cl)c(C(=O)Nc3ccc(C(C)Cl)cc3)c2)C(C)=O)ccc(NC(=O)C(N=Nc2ccc(Cl)c(C(=O)Nc3ccc(C(C)Cl)cc3)c2)C(C)=O)c1CC. The summed E-state index contributed by atoms with van der Waals surface area (Å²) in [6.45, 7) is 9.78. The minimum Gasteiger partial charge on any atom is -0.323 e. The Hall–Kier alpha value is -6.32. The second-order valence-electron chi connectivity index (χ2n) is 15.0. The molecule has 0 spiro atoms. The van der Waals surface area contributed by atoms with Crippen LogP contribution in [0.15, 0.2) is 118 Å². The number of carbonyl (C=O) groups is 6. The van der Waals surface area contributed by atoms with Gasteiger partial charge < -0.3 is 21.3 Å². The Balaban J connectivity index is 1.29. The molecule has 18 heteroatoms. The largest absolute Gasteiger partial charge is 0.323 e. The lowest BCUT2D eigenvalue weighted by molar-refractivity contribution is -0.127. The molecule has 0 saturated carbocycles. The average Bonchev–Trinajstić information content (AvgIpc) is 3.27. The van der Waals surface area contributed by atoms with E-state index in [0.717, 1.165) is 11.1 Å². The van der Waals surface area contributed by atoms with Crippen LogP contribution < -0.4 is 21.3 Å². The summed E-state index contributed by atoms with van der Waals surface area (Å²) in [5.41, 5.74) is 5.36. The van der Waals surface area contributed by atoms with Crippen molar-refractivity contribution in [2.24, 2.45) is 20.5 Å². The Kier molecular flexibility index (Phi) is 17.8. The maximum atomic E-state index is 13.6. The normalized spacial score (nSPS) is 13.1. The first-order chi connectivity index (χ1) is 31.4. The van der Waals surface area contributed by atoms with Crippen LogP contribution in [0.2, 0.25) is 10.0 Å². The van der Waals surface area contributed by atoms with Crippen molar-refractivity contribution < 1.29 is 28.8 Å². The van der Waals surface area contributed by atoms with Crippen LogP contribution in [-0.2, 0) is 32.0 Å². The number of ketones is 2. The quantitative estimate of drug-likeness (QED) is 0.0382. The lowest BCUT2D eigenvalue weighted by atomic mass is 9.98. The summed E-state index contributed by atoms with van der Waals surface area (Å²) in [5, 5.41) is 27.3. The van der Waals surface area contributed by atoms with E-state index in [1.54, 1.807) is 60.7 Å². The smallest absolute Gasteiger partial charge is 0.258 e. The Morgan fingerprint density at radius 3 is 1.17 bits per heavy atom. The summed E-state index contributed by atoms with van der Waals surface area (Å²) in [6.07, 6.45) is 0.807. The highest BCUT2D eigenvalue weighted by Crippen LogP contribution is 2.31. The zero-order valence-electron chi connectivity index (χ0n) is 36.7. The number of hydrogen-bond acceptors (Lipinski definition) is 10. The number of benzene rings is 5. The van der Waals surface area contributed by atoms with Gasteiger partial charge >= 0.3 is 0 Å². The van der Waals surface area contributed by atoms with E-state index >= 15 is 0 Å².